The third kappa shape index (κ3) is 3.74. The molecule has 5 heteroatoms. The summed E-state index contributed by atoms with van der Waals surface area (Å²) in [6.07, 6.45) is 8.53. The number of terminal acetylenes is 1. The van der Waals surface area contributed by atoms with E-state index in [-0.39, 0.29) is 30.3 Å². The van der Waals surface area contributed by atoms with Gasteiger partial charge < -0.3 is 15.4 Å². The van der Waals surface area contributed by atoms with Gasteiger partial charge in [0.05, 0.1) is 18.5 Å². The number of methoxy groups -OCH3 is 1. The van der Waals surface area contributed by atoms with E-state index in [1.54, 1.807) is 7.11 Å². The molecule has 18 heavy (non-hydrogen) atoms. The molecule has 0 aromatic carbocycles. The average molecular weight is 252 g/mol. The molecule has 1 fully saturated rings. The van der Waals surface area contributed by atoms with E-state index in [0.29, 0.717) is 13.0 Å². The summed E-state index contributed by atoms with van der Waals surface area (Å²) in [6, 6.07) is 0. The Labute approximate surface area is 108 Å². The number of hydrogen-bond acceptors (Lipinski definition) is 3. The number of amides is 2. The zero-order valence-corrected chi connectivity index (χ0v) is 10.8. The van der Waals surface area contributed by atoms with Crippen LogP contribution in [0.5, 0.6) is 0 Å². The van der Waals surface area contributed by atoms with Crippen LogP contribution in [0.3, 0.4) is 0 Å². The highest BCUT2D eigenvalue weighted by atomic mass is 16.5. The lowest BCUT2D eigenvalue weighted by Gasteiger charge is -2.40. The van der Waals surface area contributed by atoms with Crippen LogP contribution in [0.25, 0.3) is 0 Å². The van der Waals surface area contributed by atoms with E-state index in [1.807, 2.05) is 0 Å². The first-order chi connectivity index (χ1) is 8.64. The summed E-state index contributed by atoms with van der Waals surface area (Å²) < 4.78 is 5.02. The maximum atomic E-state index is 12.0. The first-order valence-electron chi connectivity index (χ1n) is 6.12. The predicted molar refractivity (Wildman–Crippen MR) is 67.6 cm³/mol. The summed E-state index contributed by atoms with van der Waals surface area (Å²) in [6.45, 7) is 0.732. The van der Waals surface area contributed by atoms with Crippen molar-refractivity contribution in [2.45, 2.75) is 25.7 Å². The number of nitrogens with one attached hydrogen (secondary N) is 2. The molecule has 5 nitrogen and oxygen atoms in total. The minimum atomic E-state index is -0.331. The van der Waals surface area contributed by atoms with Crippen LogP contribution in [0.1, 0.15) is 25.7 Å². The normalized spacial score (nSPS) is 16.2. The molecule has 0 atom stereocenters. The molecule has 0 bridgehead atoms. The molecular weight excluding hydrogens is 232 g/mol. The summed E-state index contributed by atoms with van der Waals surface area (Å²) >= 11 is 0. The Balaban J connectivity index is 2.34. The third-order valence-electron chi connectivity index (χ3n) is 3.37. The molecule has 0 heterocycles. The second kappa shape index (κ2) is 7.02. The van der Waals surface area contributed by atoms with E-state index in [2.05, 4.69) is 16.6 Å². The zero-order valence-electron chi connectivity index (χ0n) is 10.8. The maximum absolute atomic E-state index is 12.0. The van der Waals surface area contributed by atoms with E-state index < -0.39 is 0 Å². The second-order valence-corrected chi connectivity index (χ2v) is 4.54. The van der Waals surface area contributed by atoms with Crippen LogP contribution < -0.4 is 10.6 Å². The lowest BCUT2D eigenvalue weighted by Crippen LogP contribution is -2.49. The molecule has 0 saturated heterocycles. The van der Waals surface area contributed by atoms with Crippen molar-refractivity contribution in [2.75, 3.05) is 26.8 Å². The molecule has 1 saturated carbocycles. The summed E-state index contributed by atoms with van der Waals surface area (Å²) in [4.78, 5) is 23.4. The monoisotopic (exact) mass is 252 g/mol. The van der Waals surface area contributed by atoms with Crippen LogP contribution in [0.2, 0.25) is 0 Å². The summed E-state index contributed by atoms with van der Waals surface area (Å²) in [7, 11) is 1.62. The highest BCUT2D eigenvalue weighted by Crippen LogP contribution is 2.44. The molecule has 0 unspecified atom stereocenters. The number of rotatable bonds is 7. The standard InChI is InChI=1S/C13H20N2O3/c1-3-8-14-11(16)10-15-12(17)13(5-4-6-13)7-9-18-2/h1H,4-10H2,2H3,(H,14,16)(H,15,17). The lowest BCUT2D eigenvalue weighted by molar-refractivity contribution is -0.139. The van der Waals surface area contributed by atoms with Crippen LogP contribution in [0, 0.1) is 17.8 Å². The van der Waals surface area contributed by atoms with Gasteiger partial charge in [-0.1, -0.05) is 12.3 Å². The summed E-state index contributed by atoms with van der Waals surface area (Å²) in [5.74, 6) is 1.99. The van der Waals surface area contributed by atoms with E-state index in [9.17, 15) is 9.59 Å². The van der Waals surface area contributed by atoms with Crippen molar-refractivity contribution in [3.63, 3.8) is 0 Å². The largest absolute Gasteiger partial charge is 0.385 e. The quantitative estimate of drug-likeness (QED) is 0.630. The van der Waals surface area contributed by atoms with Gasteiger partial charge in [0.15, 0.2) is 0 Å². The smallest absolute Gasteiger partial charge is 0.240 e. The Bertz CT molecular complexity index is 343. The van der Waals surface area contributed by atoms with Crippen LogP contribution in [-0.4, -0.2) is 38.6 Å². The van der Waals surface area contributed by atoms with E-state index in [4.69, 9.17) is 11.2 Å². The first-order valence-corrected chi connectivity index (χ1v) is 6.12. The Kier molecular flexibility index (Phi) is 5.66. The van der Waals surface area contributed by atoms with Gasteiger partial charge in [-0.05, 0) is 19.3 Å². The van der Waals surface area contributed by atoms with Crippen LogP contribution in [-0.2, 0) is 14.3 Å². The van der Waals surface area contributed by atoms with Crippen molar-refractivity contribution in [2.24, 2.45) is 5.41 Å². The molecular formula is C13H20N2O3. The first kappa shape index (κ1) is 14.5. The fourth-order valence-corrected chi connectivity index (χ4v) is 2.05. The fourth-order valence-electron chi connectivity index (χ4n) is 2.05. The minimum Gasteiger partial charge on any atom is -0.385 e. The van der Waals surface area contributed by atoms with Crippen LogP contribution in [0.4, 0.5) is 0 Å². The predicted octanol–water partition coefficient (Wildman–Crippen LogP) is 0.0588. The van der Waals surface area contributed by atoms with Crippen LogP contribution in [0.15, 0.2) is 0 Å². The van der Waals surface area contributed by atoms with Gasteiger partial charge in [-0.15, -0.1) is 6.42 Å². The molecule has 2 N–H and O–H groups in total. The van der Waals surface area contributed by atoms with Gasteiger partial charge in [-0.25, -0.2) is 0 Å². The number of hydrogen-bond donors (Lipinski definition) is 2. The molecule has 0 aliphatic heterocycles. The molecule has 0 spiro atoms. The van der Waals surface area contributed by atoms with Gasteiger partial charge in [0.25, 0.3) is 0 Å². The maximum Gasteiger partial charge on any atom is 0.240 e. The SMILES string of the molecule is C#CCNC(=O)CNC(=O)C1(CCOC)CCC1. The molecule has 0 aromatic rings. The van der Waals surface area contributed by atoms with Crippen molar-refractivity contribution >= 4 is 11.8 Å². The summed E-state index contributed by atoms with van der Waals surface area (Å²) in [5, 5.41) is 5.17. The minimum absolute atomic E-state index is 0.0186. The van der Waals surface area contributed by atoms with Crippen molar-refractivity contribution in [1.29, 1.82) is 0 Å². The van der Waals surface area contributed by atoms with Gasteiger partial charge >= 0.3 is 0 Å². The van der Waals surface area contributed by atoms with Gasteiger partial charge in [0, 0.05) is 13.7 Å². The third-order valence-corrected chi connectivity index (χ3v) is 3.37. The Morgan fingerprint density at radius 3 is 2.61 bits per heavy atom. The summed E-state index contributed by atoms with van der Waals surface area (Å²) in [5.41, 5.74) is -0.331. The van der Waals surface area contributed by atoms with Gasteiger partial charge in [-0.2, -0.15) is 0 Å². The fraction of sp³-hybridized carbons (Fsp3) is 0.692. The van der Waals surface area contributed by atoms with E-state index in [1.165, 1.54) is 0 Å². The molecule has 1 rings (SSSR count). The van der Waals surface area contributed by atoms with E-state index >= 15 is 0 Å². The second-order valence-electron chi connectivity index (χ2n) is 4.54. The average Bonchev–Trinajstić information content (AvgIpc) is 2.32. The highest BCUT2D eigenvalue weighted by molar-refractivity contribution is 5.88. The van der Waals surface area contributed by atoms with Crippen molar-refractivity contribution in [3.05, 3.63) is 0 Å². The number of carbonyl (C=O) groups excluding carboxylic acids is 2. The molecule has 100 valence electrons. The molecule has 2 amide bonds. The molecule has 0 aromatic heterocycles. The number of ether oxygens (including phenoxy) is 1. The highest BCUT2D eigenvalue weighted by Gasteiger charge is 2.43. The van der Waals surface area contributed by atoms with Crippen LogP contribution >= 0.6 is 0 Å². The van der Waals surface area contributed by atoms with E-state index in [0.717, 1.165) is 19.3 Å². The van der Waals surface area contributed by atoms with Gasteiger partial charge in [0.1, 0.15) is 0 Å². The Hall–Kier alpha value is -1.54. The Morgan fingerprint density at radius 1 is 1.39 bits per heavy atom. The van der Waals surface area contributed by atoms with Crippen molar-refractivity contribution in [1.82, 2.24) is 10.6 Å². The number of carbonyl (C=O) groups is 2. The molecule has 1 aliphatic rings. The van der Waals surface area contributed by atoms with Gasteiger partial charge in [0.2, 0.25) is 11.8 Å². The van der Waals surface area contributed by atoms with Crippen molar-refractivity contribution < 1.29 is 14.3 Å². The molecule has 0 radical (unpaired) electrons. The lowest BCUT2D eigenvalue weighted by atomic mass is 9.66. The zero-order chi connectivity index (χ0) is 13.4. The topological polar surface area (TPSA) is 67.4 Å². The van der Waals surface area contributed by atoms with Crippen molar-refractivity contribution in [3.8, 4) is 12.3 Å². The molecule has 1 aliphatic carbocycles. The van der Waals surface area contributed by atoms with Gasteiger partial charge in [-0.3, -0.25) is 9.59 Å². The Morgan fingerprint density at radius 2 is 2.11 bits per heavy atom.